The molecule has 0 bridgehead atoms. The summed E-state index contributed by atoms with van der Waals surface area (Å²) >= 11 is 5.36. The number of aryl methyl sites for hydroxylation is 1. The van der Waals surface area contributed by atoms with Gasteiger partial charge in [-0.3, -0.25) is 4.79 Å². The Morgan fingerprint density at radius 1 is 1.58 bits per heavy atom. The zero-order valence-electron chi connectivity index (χ0n) is 7.22. The Balaban J connectivity index is 3.21. The highest BCUT2D eigenvalue weighted by Gasteiger charge is 2.20. The molecular weight excluding hydrogens is 178 g/mol. The quantitative estimate of drug-likeness (QED) is 0.668. The highest BCUT2D eigenvalue weighted by atomic mass is 35.5. The molecule has 0 saturated carbocycles. The molecule has 1 aromatic heterocycles. The summed E-state index contributed by atoms with van der Waals surface area (Å²) in [5, 5.41) is 3.25. The molecule has 1 rings (SSSR count). The van der Waals surface area contributed by atoms with Crippen molar-refractivity contribution < 1.29 is 9.32 Å². The lowest BCUT2D eigenvalue weighted by Gasteiger charge is -1.98. The van der Waals surface area contributed by atoms with Gasteiger partial charge in [-0.2, -0.15) is 0 Å². The fourth-order valence-corrected chi connectivity index (χ4v) is 1.25. The van der Waals surface area contributed by atoms with Crippen molar-refractivity contribution in [2.75, 3.05) is 0 Å². The summed E-state index contributed by atoms with van der Waals surface area (Å²) in [6, 6.07) is 0. The van der Waals surface area contributed by atoms with Crippen LogP contribution in [0.3, 0.4) is 0 Å². The lowest BCUT2D eigenvalue weighted by molar-refractivity contribution is 0.107. The van der Waals surface area contributed by atoms with Crippen LogP contribution in [0.5, 0.6) is 0 Å². The first-order valence-electron chi connectivity index (χ1n) is 3.70. The van der Waals surface area contributed by atoms with Gasteiger partial charge in [0.05, 0.1) is 11.3 Å². The van der Waals surface area contributed by atoms with E-state index in [-0.39, 0.29) is 5.92 Å². The van der Waals surface area contributed by atoms with Crippen LogP contribution < -0.4 is 0 Å². The number of nitrogens with zero attached hydrogens (tertiary/aromatic N) is 1. The molecule has 0 amide bonds. The Morgan fingerprint density at radius 3 is 2.50 bits per heavy atom. The predicted molar refractivity (Wildman–Crippen MR) is 45.5 cm³/mol. The summed E-state index contributed by atoms with van der Waals surface area (Å²) in [5.74, 6) is 0.638. The average molecular weight is 188 g/mol. The molecule has 0 N–H and O–H groups in total. The van der Waals surface area contributed by atoms with Gasteiger partial charge in [-0.1, -0.05) is 19.0 Å². The summed E-state index contributed by atoms with van der Waals surface area (Å²) < 4.78 is 4.86. The third-order valence-electron chi connectivity index (χ3n) is 1.63. The molecule has 0 aliphatic heterocycles. The van der Waals surface area contributed by atoms with E-state index in [0.717, 1.165) is 0 Å². The largest absolute Gasteiger partial charge is 0.361 e. The van der Waals surface area contributed by atoms with E-state index in [1.807, 2.05) is 13.8 Å². The van der Waals surface area contributed by atoms with Crippen molar-refractivity contribution in [1.29, 1.82) is 0 Å². The summed E-state index contributed by atoms with van der Waals surface area (Å²) in [5.41, 5.74) is 1.04. The van der Waals surface area contributed by atoms with E-state index >= 15 is 0 Å². The van der Waals surface area contributed by atoms with Crippen LogP contribution in [0.4, 0.5) is 0 Å². The maximum absolute atomic E-state index is 10.9. The predicted octanol–water partition coefficient (Wildman–Crippen LogP) is 2.49. The molecule has 0 unspecified atom stereocenters. The Bertz CT molecular complexity index is 304. The Hall–Kier alpha value is -0.830. The molecule has 0 aliphatic carbocycles. The van der Waals surface area contributed by atoms with Gasteiger partial charge in [0, 0.05) is 0 Å². The maximum atomic E-state index is 10.9. The fourth-order valence-electron chi connectivity index (χ4n) is 1.02. The van der Waals surface area contributed by atoms with Gasteiger partial charge >= 0.3 is 0 Å². The Labute approximate surface area is 75.7 Å². The summed E-state index contributed by atoms with van der Waals surface area (Å²) in [4.78, 5) is 10.9. The zero-order chi connectivity index (χ0) is 9.30. The van der Waals surface area contributed by atoms with Gasteiger partial charge in [-0.25, -0.2) is 0 Å². The number of halogens is 1. The van der Waals surface area contributed by atoms with Gasteiger partial charge in [0.15, 0.2) is 0 Å². The standard InChI is InChI=1S/C8H10ClNO2/c1-4(2)7-6(8(9)11)5(3)12-10-7/h4H,1-3H3. The highest BCUT2D eigenvalue weighted by Crippen LogP contribution is 2.22. The van der Waals surface area contributed by atoms with Crippen molar-refractivity contribution >= 4 is 16.8 Å². The maximum Gasteiger partial charge on any atom is 0.257 e. The summed E-state index contributed by atoms with van der Waals surface area (Å²) in [6.07, 6.45) is 0. The van der Waals surface area contributed by atoms with Gasteiger partial charge in [0.25, 0.3) is 5.24 Å². The van der Waals surface area contributed by atoms with Crippen LogP contribution in [-0.2, 0) is 0 Å². The molecule has 12 heavy (non-hydrogen) atoms. The molecule has 0 radical (unpaired) electrons. The van der Waals surface area contributed by atoms with Crippen molar-refractivity contribution in [2.45, 2.75) is 26.7 Å². The molecule has 0 atom stereocenters. The first-order valence-corrected chi connectivity index (χ1v) is 4.07. The van der Waals surface area contributed by atoms with Crippen LogP contribution in [0, 0.1) is 6.92 Å². The van der Waals surface area contributed by atoms with E-state index in [2.05, 4.69) is 5.16 Å². The second-order valence-electron chi connectivity index (χ2n) is 2.93. The minimum Gasteiger partial charge on any atom is -0.361 e. The van der Waals surface area contributed by atoms with Crippen LogP contribution in [0.15, 0.2) is 4.52 Å². The topological polar surface area (TPSA) is 43.1 Å². The molecule has 1 aromatic rings. The van der Waals surface area contributed by atoms with Crippen molar-refractivity contribution in [3.63, 3.8) is 0 Å². The normalized spacial score (nSPS) is 10.8. The number of rotatable bonds is 2. The minimum atomic E-state index is -0.502. The molecular formula is C8H10ClNO2. The van der Waals surface area contributed by atoms with Crippen LogP contribution in [-0.4, -0.2) is 10.4 Å². The highest BCUT2D eigenvalue weighted by molar-refractivity contribution is 6.68. The molecule has 0 spiro atoms. The molecule has 66 valence electrons. The van der Waals surface area contributed by atoms with Crippen LogP contribution in [0.1, 0.15) is 41.6 Å². The fraction of sp³-hybridized carbons (Fsp3) is 0.500. The molecule has 0 aromatic carbocycles. The van der Waals surface area contributed by atoms with Crippen molar-refractivity contribution in [2.24, 2.45) is 0 Å². The Morgan fingerprint density at radius 2 is 2.17 bits per heavy atom. The first-order chi connectivity index (χ1) is 5.54. The Kier molecular flexibility index (Phi) is 2.52. The van der Waals surface area contributed by atoms with Gasteiger partial charge in [0.2, 0.25) is 0 Å². The van der Waals surface area contributed by atoms with Crippen LogP contribution >= 0.6 is 11.6 Å². The summed E-state index contributed by atoms with van der Waals surface area (Å²) in [7, 11) is 0. The van der Waals surface area contributed by atoms with Gasteiger partial charge in [-0.15, -0.1) is 0 Å². The number of carbonyl (C=O) groups is 1. The van der Waals surface area contributed by atoms with E-state index < -0.39 is 5.24 Å². The number of hydrogen-bond donors (Lipinski definition) is 0. The molecule has 3 nitrogen and oxygen atoms in total. The van der Waals surface area contributed by atoms with Crippen LogP contribution in [0.25, 0.3) is 0 Å². The van der Waals surface area contributed by atoms with E-state index in [1.165, 1.54) is 0 Å². The zero-order valence-corrected chi connectivity index (χ0v) is 7.97. The van der Waals surface area contributed by atoms with E-state index in [9.17, 15) is 4.79 Å². The van der Waals surface area contributed by atoms with Crippen molar-refractivity contribution in [3.8, 4) is 0 Å². The molecule has 0 saturated heterocycles. The molecule has 4 heteroatoms. The second kappa shape index (κ2) is 3.27. The lowest BCUT2D eigenvalue weighted by atomic mass is 10.1. The molecule has 0 aliphatic rings. The van der Waals surface area contributed by atoms with Crippen LogP contribution in [0.2, 0.25) is 0 Å². The number of carbonyl (C=O) groups excluding carboxylic acids is 1. The van der Waals surface area contributed by atoms with Gasteiger partial charge in [-0.05, 0) is 24.4 Å². The number of aromatic nitrogens is 1. The van der Waals surface area contributed by atoms with Gasteiger partial charge < -0.3 is 4.52 Å². The second-order valence-corrected chi connectivity index (χ2v) is 3.27. The smallest absolute Gasteiger partial charge is 0.257 e. The SMILES string of the molecule is Cc1onc(C(C)C)c1C(=O)Cl. The van der Waals surface area contributed by atoms with E-state index in [1.54, 1.807) is 6.92 Å². The third kappa shape index (κ3) is 1.50. The van der Waals surface area contributed by atoms with Crippen molar-refractivity contribution in [1.82, 2.24) is 5.16 Å². The molecule has 1 heterocycles. The number of hydrogen-bond acceptors (Lipinski definition) is 3. The average Bonchev–Trinajstić information content (AvgIpc) is 2.30. The van der Waals surface area contributed by atoms with Crippen molar-refractivity contribution in [3.05, 3.63) is 17.0 Å². The summed E-state index contributed by atoms with van der Waals surface area (Å²) in [6.45, 7) is 5.54. The van der Waals surface area contributed by atoms with E-state index in [0.29, 0.717) is 17.0 Å². The first kappa shape index (κ1) is 9.26. The van der Waals surface area contributed by atoms with Gasteiger partial charge in [0.1, 0.15) is 5.76 Å². The van der Waals surface area contributed by atoms with E-state index in [4.69, 9.17) is 16.1 Å². The third-order valence-corrected chi connectivity index (χ3v) is 1.82. The molecule has 0 fully saturated rings. The lowest BCUT2D eigenvalue weighted by Crippen LogP contribution is -1.98. The monoisotopic (exact) mass is 187 g/mol. The minimum absolute atomic E-state index is 0.153.